The number of nitrogens with one attached hydrogen (secondary N) is 1. The quantitative estimate of drug-likeness (QED) is 0.930. The van der Waals surface area contributed by atoms with E-state index in [1.54, 1.807) is 24.3 Å². The molecule has 1 aromatic carbocycles. The zero-order chi connectivity index (χ0) is 13.8. The van der Waals surface area contributed by atoms with Crippen molar-refractivity contribution in [1.29, 1.82) is 5.26 Å². The lowest BCUT2D eigenvalue weighted by molar-refractivity contribution is 0.627. The van der Waals surface area contributed by atoms with Gasteiger partial charge >= 0.3 is 0 Å². The van der Waals surface area contributed by atoms with Crippen LogP contribution in [-0.2, 0) is 6.54 Å². The van der Waals surface area contributed by atoms with Crippen LogP contribution in [0.3, 0.4) is 0 Å². The summed E-state index contributed by atoms with van der Waals surface area (Å²) in [4.78, 5) is 4.27. The van der Waals surface area contributed by atoms with E-state index in [4.69, 9.17) is 16.9 Å². The maximum absolute atomic E-state index is 13.0. The number of nitriles is 1. The van der Waals surface area contributed by atoms with Crippen LogP contribution in [-0.4, -0.2) is 4.98 Å². The average molecular weight is 276 g/mol. The van der Waals surface area contributed by atoms with Crippen LogP contribution in [0.1, 0.15) is 16.8 Å². The molecule has 2 aromatic rings. The van der Waals surface area contributed by atoms with Crippen molar-refractivity contribution in [3.8, 4) is 6.07 Å². The van der Waals surface area contributed by atoms with Crippen LogP contribution >= 0.6 is 11.6 Å². The lowest BCUT2D eigenvalue weighted by atomic mass is 10.2. The fraction of sp³-hybridized carbons (Fsp3) is 0.143. The van der Waals surface area contributed by atoms with Crippen molar-refractivity contribution in [2.75, 3.05) is 5.32 Å². The molecule has 0 spiro atoms. The van der Waals surface area contributed by atoms with Gasteiger partial charge in [-0.1, -0.05) is 17.7 Å². The molecule has 1 aromatic heterocycles. The van der Waals surface area contributed by atoms with E-state index in [1.807, 2.05) is 6.92 Å². The Balaban J connectivity index is 2.12. The summed E-state index contributed by atoms with van der Waals surface area (Å²) in [5.74, 6) is 0.169. The first kappa shape index (κ1) is 13.3. The van der Waals surface area contributed by atoms with Crippen molar-refractivity contribution in [3.63, 3.8) is 0 Å². The lowest BCUT2D eigenvalue weighted by Crippen LogP contribution is -2.02. The second-order valence-corrected chi connectivity index (χ2v) is 4.50. The average Bonchev–Trinajstić information content (AvgIpc) is 2.39. The topological polar surface area (TPSA) is 48.7 Å². The van der Waals surface area contributed by atoms with Crippen molar-refractivity contribution in [1.82, 2.24) is 4.98 Å². The molecule has 0 bridgehead atoms. The Labute approximate surface area is 115 Å². The molecule has 1 heterocycles. The summed E-state index contributed by atoms with van der Waals surface area (Å²) in [7, 11) is 0. The highest BCUT2D eigenvalue weighted by molar-refractivity contribution is 6.30. The maximum atomic E-state index is 13.0. The Morgan fingerprint density at radius 1 is 1.37 bits per heavy atom. The molecule has 0 radical (unpaired) electrons. The summed E-state index contributed by atoms with van der Waals surface area (Å²) in [5.41, 5.74) is 2.15. The number of halogens is 2. The van der Waals surface area contributed by atoms with E-state index in [0.29, 0.717) is 17.9 Å². The first-order valence-corrected chi connectivity index (χ1v) is 6.03. The predicted molar refractivity (Wildman–Crippen MR) is 72.4 cm³/mol. The fourth-order valence-corrected chi connectivity index (χ4v) is 1.87. The third-order valence-corrected chi connectivity index (χ3v) is 2.83. The van der Waals surface area contributed by atoms with Gasteiger partial charge in [-0.15, -0.1) is 0 Å². The van der Waals surface area contributed by atoms with Crippen LogP contribution in [0.2, 0.25) is 5.02 Å². The molecular formula is C14H11ClFN3. The van der Waals surface area contributed by atoms with Crippen molar-refractivity contribution >= 4 is 17.4 Å². The molecule has 0 fully saturated rings. The third-order valence-electron chi connectivity index (χ3n) is 2.54. The Morgan fingerprint density at radius 3 is 2.84 bits per heavy atom. The van der Waals surface area contributed by atoms with Gasteiger partial charge in [-0.05, 0) is 36.8 Å². The van der Waals surface area contributed by atoms with Crippen LogP contribution in [0.25, 0.3) is 0 Å². The highest BCUT2D eigenvalue weighted by atomic mass is 35.5. The van der Waals surface area contributed by atoms with E-state index >= 15 is 0 Å². The van der Waals surface area contributed by atoms with Crippen LogP contribution in [0.15, 0.2) is 30.3 Å². The van der Waals surface area contributed by atoms with Crippen molar-refractivity contribution in [2.45, 2.75) is 13.5 Å². The minimum atomic E-state index is -0.439. The van der Waals surface area contributed by atoms with Gasteiger partial charge in [-0.2, -0.15) is 5.26 Å². The van der Waals surface area contributed by atoms with Crippen molar-refractivity contribution in [3.05, 3.63) is 58.0 Å². The number of aromatic nitrogens is 1. The number of hydrogen-bond donors (Lipinski definition) is 1. The van der Waals surface area contributed by atoms with Gasteiger partial charge in [0.25, 0.3) is 0 Å². The van der Waals surface area contributed by atoms with Crippen molar-refractivity contribution in [2.24, 2.45) is 0 Å². The van der Waals surface area contributed by atoms with Gasteiger partial charge < -0.3 is 5.32 Å². The van der Waals surface area contributed by atoms with E-state index in [-0.39, 0.29) is 5.02 Å². The molecule has 96 valence electrons. The van der Waals surface area contributed by atoms with Gasteiger partial charge in [0.1, 0.15) is 11.6 Å². The van der Waals surface area contributed by atoms with Gasteiger partial charge in [0, 0.05) is 12.2 Å². The smallest absolute Gasteiger partial charge is 0.141 e. The summed E-state index contributed by atoms with van der Waals surface area (Å²) in [6.45, 7) is 2.28. The standard InChI is InChI=1S/C14H11ClFN3/c1-9-4-11(7-17)6-14(19-9)18-8-10-2-3-13(16)12(15)5-10/h2-6H,8H2,1H3,(H,18,19). The third kappa shape index (κ3) is 3.43. The highest BCUT2D eigenvalue weighted by Gasteiger charge is 2.03. The van der Waals surface area contributed by atoms with Crippen LogP contribution in [0, 0.1) is 24.1 Å². The maximum Gasteiger partial charge on any atom is 0.141 e. The van der Waals surface area contributed by atoms with Crippen LogP contribution in [0.5, 0.6) is 0 Å². The zero-order valence-electron chi connectivity index (χ0n) is 10.2. The summed E-state index contributed by atoms with van der Waals surface area (Å²) >= 11 is 5.71. The summed E-state index contributed by atoms with van der Waals surface area (Å²) in [6.07, 6.45) is 0. The minimum absolute atomic E-state index is 0.0919. The lowest BCUT2D eigenvalue weighted by Gasteiger charge is -2.07. The monoisotopic (exact) mass is 275 g/mol. The van der Waals surface area contributed by atoms with E-state index in [2.05, 4.69) is 16.4 Å². The molecular weight excluding hydrogens is 265 g/mol. The number of hydrogen-bond acceptors (Lipinski definition) is 3. The molecule has 0 saturated carbocycles. The minimum Gasteiger partial charge on any atom is -0.366 e. The Hall–Kier alpha value is -2.12. The molecule has 1 N–H and O–H groups in total. The molecule has 19 heavy (non-hydrogen) atoms. The number of benzene rings is 1. The Kier molecular flexibility index (Phi) is 3.98. The Morgan fingerprint density at radius 2 is 2.16 bits per heavy atom. The number of pyridine rings is 1. The molecule has 0 amide bonds. The Bertz CT molecular complexity index is 650. The molecule has 0 aliphatic carbocycles. The van der Waals surface area contributed by atoms with Gasteiger partial charge in [0.15, 0.2) is 0 Å². The highest BCUT2D eigenvalue weighted by Crippen LogP contribution is 2.17. The van der Waals surface area contributed by atoms with Gasteiger partial charge in [-0.3, -0.25) is 0 Å². The molecule has 0 aliphatic rings. The number of nitrogens with zero attached hydrogens (tertiary/aromatic N) is 2. The summed E-state index contributed by atoms with van der Waals surface area (Å²) < 4.78 is 13.0. The number of rotatable bonds is 3. The second kappa shape index (κ2) is 5.68. The van der Waals surface area contributed by atoms with Gasteiger partial charge in [-0.25, -0.2) is 9.37 Å². The molecule has 0 aliphatic heterocycles. The molecule has 3 nitrogen and oxygen atoms in total. The first-order valence-electron chi connectivity index (χ1n) is 5.65. The van der Waals surface area contributed by atoms with E-state index in [9.17, 15) is 4.39 Å². The number of anilines is 1. The largest absolute Gasteiger partial charge is 0.366 e. The van der Waals surface area contributed by atoms with Crippen LogP contribution in [0.4, 0.5) is 10.2 Å². The van der Waals surface area contributed by atoms with Gasteiger partial charge in [0.2, 0.25) is 0 Å². The summed E-state index contributed by atoms with van der Waals surface area (Å²) in [6, 6.07) is 9.98. The molecule has 2 rings (SSSR count). The van der Waals surface area contributed by atoms with E-state index in [0.717, 1.165) is 11.3 Å². The normalized spacial score (nSPS) is 10.0. The molecule has 0 atom stereocenters. The van der Waals surface area contributed by atoms with Crippen molar-refractivity contribution < 1.29 is 4.39 Å². The SMILES string of the molecule is Cc1cc(C#N)cc(NCc2ccc(F)c(Cl)c2)n1. The van der Waals surface area contributed by atoms with E-state index in [1.165, 1.54) is 6.07 Å². The zero-order valence-corrected chi connectivity index (χ0v) is 11.0. The fourth-order valence-electron chi connectivity index (χ4n) is 1.67. The summed E-state index contributed by atoms with van der Waals surface area (Å²) in [5, 5.41) is 12.0. The molecule has 5 heteroatoms. The number of aryl methyl sites for hydroxylation is 1. The molecule has 0 unspecified atom stereocenters. The van der Waals surface area contributed by atoms with Crippen LogP contribution < -0.4 is 5.32 Å². The van der Waals surface area contributed by atoms with Gasteiger partial charge in [0.05, 0.1) is 16.7 Å². The first-order chi connectivity index (χ1) is 9.08. The predicted octanol–water partition coefficient (Wildman–Crippen LogP) is 3.67. The second-order valence-electron chi connectivity index (χ2n) is 4.10. The van der Waals surface area contributed by atoms with E-state index < -0.39 is 5.82 Å². The molecule has 0 saturated heterocycles.